The highest BCUT2D eigenvalue weighted by Crippen LogP contribution is 2.20. The van der Waals surface area contributed by atoms with Crippen LogP contribution in [0.5, 0.6) is 0 Å². The molecule has 0 bridgehead atoms. The summed E-state index contributed by atoms with van der Waals surface area (Å²) >= 11 is 0. The number of anilines is 1. The molecule has 1 rings (SSSR count). The third kappa shape index (κ3) is 6.43. The number of methoxy groups -OCH3 is 1. The predicted molar refractivity (Wildman–Crippen MR) is 96.4 cm³/mol. The number of carbonyl (C=O) groups excluding carboxylic acids is 1. The largest absolute Gasteiger partial charge is 0.385 e. The molecule has 1 unspecified atom stereocenters. The van der Waals surface area contributed by atoms with E-state index in [1.807, 2.05) is 13.1 Å². The van der Waals surface area contributed by atoms with Gasteiger partial charge in [-0.25, -0.2) is 4.79 Å². The molecule has 1 atom stereocenters. The number of unbranched alkanes of at least 4 members (excludes halogenated alkanes) is 1. The quantitative estimate of drug-likeness (QED) is 0.628. The molecule has 6 heteroatoms. The molecular formula is C18H31N3O3. The van der Waals surface area contributed by atoms with Crippen LogP contribution in [-0.4, -0.2) is 29.2 Å². The van der Waals surface area contributed by atoms with Crippen molar-refractivity contribution in [2.45, 2.75) is 71.8 Å². The molecule has 1 heterocycles. The van der Waals surface area contributed by atoms with Crippen molar-refractivity contribution < 1.29 is 9.53 Å². The molecule has 0 saturated heterocycles. The van der Waals surface area contributed by atoms with Gasteiger partial charge < -0.3 is 10.1 Å². The highest BCUT2D eigenvalue weighted by atomic mass is 16.5. The fourth-order valence-corrected chi connectivity index (χ4v) is 2.72. The van der Waals surface area contributed by atoms with Crippen LogP contribution < -0.4 is 11.0 Å². The van der Waals surface area contributed by atoms with Crippen molar-refractivity contribution in [3.8, 4) is 0 Å². The van der Waals surface area contributed by atoms with Crippen LogP contribution in [0.2, 0.25) is 0 Å². The van der Waals surface area contributed by atoms with Gasteiger partial charge in [-0.1, -0.05) is 33.1 Å². The normalized spacial score (nSPS) is 12.2. The van der Waals surface area contributed by atoms with E-state index in [1.165, 1.54) is 0 Å². The summed E-state index contributed by atoms with van der Waals surface area (Å²) in [6, 6.07) is 0.181. The van der Waals surface area contributed by atoms with Gasteiger partial charge in [0.25, 0.3) is 0 Å². The maximum Gasteiger partial charge on any atom is 0.349 e. The van der Waals surface area contributed by atoms with Gasteiger partial charge in [-0.2, -0.15) is 4.98 Å². The molecule has 0 radical (unpaired) electrons. The lowest BCUT2D eigenvalue weighted by Crippen LogP contribution is -2.29. The van der Waals surface area contributed by atoms with Crippen molar-refractivity contribution in [1.29, 1.82) is 0 Å². The molecule has 1 N–H and O–H groups in total. The second-order valence-electron chi connectivity index (χ2n) is 6.19. The van der Waals surface area contributed by atoms with Gasteiger partial charge in [-0.3, -0.25) is 9.36 Å². The number of carbonyl (C=O) groups is 1. The smallest absolute Gasteiger partial charge is 0.349 e. The van der Waals surface area contributed by atoms with E-state index in [1.54, 1.807) is 11.7 Å². The third-order valence-corrected chi connectivity index (χ3v) is 4.05. The van der Waals surface area contributed by atoms with Gasteiger partial charge in [0.1, 0.15) is 5.82 Å². The van der Waals surface area contributed by atoms with E-state index in [9.17, 15) is 9.59 Å². The average Bonchev–Trinajstić information content (AvgIpc) is 2.55. The van der Waals surface area contributed by atoms with Gasteiger partial charge >= 0.3 is 5.69 Å². The van der Waals surface area contributed by atoms with Crippen LogP contribution in [0.1, 0.15) is 70.4 Å². The SMILES string of the molecule is CCCCC(CCC)n1cc(C)c(NC(=O)CCCOC)nc1=O. The molecule has 1 amide bonds. The summed E-state index contributed by atoms with van der Waals surface area (Å²) in [5, 5.41) is 2.73. The molecule has 0 aliphatic rings. The Kier molecular flexibility index (Phi) is 9.30. The minimum absolute atomic E-state index is 0.143. The molecule has 0 fully saturated rings. The van der Waals surface area contributed by atoms with Gasteiger partial charge in [-0.05, 0) is 26.2 Å². The summed E-state index contributed by atoms with van der Waals surface area (Å²) < 4.78 is 6.66. The first-order valence-electron chi connectivity index (χ1n) is 8.92. The lowest BCUT2D eigenvalue weighted by atomic mass is 10.0. The van der Waals surface area contributed by atoms with Crippen molar-refractivity contribution in [3.63, 3.8) is 0 Å². The van der Waals surface area contributed by atoms with E-state index in [-0.39, 0.29) is 17.6 Å². The number of hydrogen-bond acceptors (Lipinski definition) is 4. The van der Waals surface area contributed by atoms with Gasteiger partial charge in [0, 0.05) is 37.9 Å². The number of aryl methyl sites for hydroxylation is 1. The number of amides is 1. The zero-order chi connectivity index (χ0) is 17.9. The molecule has 24 heavy (non-hydrogen) atoms. The minimum Gasteiger partial charge on any atom is -0.385 e. The van der Waals surface area contributed by atoms with Crippen molar-refractivity contribution >= 4 is 11.7 Å². The van der Waals surface area contributed by atoms with Crippen LogP contribution in [0.3, 0.4) is 0 Å². The Morgan fingerprint density at radius 1 is 1.29 bits per heavy atom. The highest BCUT2D eigenvalue weighted by Gasteiger charge is 2.15. The third-order valence-electron chi connectivity index (χ3n) is 4.05. The second-order valence-corrected chi connectivity index (χ2v) is 6.19. The lowest BCUT2D eigenvalue weighted by Gasteiger charge is -2.20. The van der Waals surface area contributed by atoms with Gasteiger partial charge in [0.05, 0.1) is 0 Å². The second kappa shape index (κ2) is 11.0. The topological polar surface area (TPSA) is 73.2 Å². The summed E-state index contributed by atoms with van der Waals surface area (Å²) in [5.74, 6) is 0.222. The van der Waals surface area contributed by atoms with E-state index in [2.05, 4.69) is 24.1 Å². The van der Waals surface area contributed by atoms with E-state index in [0.29, 0.717) is 25.3 Å². The fourth-order valence-electron chi connectivity index (χ4n) is 2.72. The molecule has 0 aliphatic carbocycles. The van der Waals surface area contributed by atoms with E-state index in [0.717, 1.165) is 37.7 Å². The zero-order valence-corrected chi connectivity index (χ0v) is 15.4. The summed E-state index contributed by atoms with van der Waals surface area (Å²) in [6.45, 7) is 6.68. The Bertz CT molecular complexity index is 569. The Balaban J connectivity index is 2.87. The standard InChI is InChI=1S/C18H31N3O3/c1-5-7-10-15(9-6-2)21-13-14(3)17(20-18(21)23)19-16(22)11-8-12-24-4/h13,15H,5-12H2,1-4H3,(H,19,20,22,23). The van der Waals surface area contributed by atoms with Crippen molar-refractivity contribution in [1.82, 2.24) is 9.55 Å². The Morgan fingerprint density at radius 3 is 2.67 bits per heavy atom. The number of ether oxygens (including phenoxy) is 1. The molecule has 0 saturated carbocycles. The molecule has 0 spiro atoms. The van der Waals surface area contributed by atoms with Crippen LogP contribution >= 0.6 is 0 Å². The number of hydrogen-bond donors (Lipinski definition) is 1. The first-order valence-corrected chi connectivity index (χ1v) is 8.92. The molecule has 0 aromatic carbocycles. The van der Waals surface area contributed by atoms with Gasteiger partial charge in [0.2, 0.25) is 5.91 Å². The maximum absolute atomic E-state index is 12.4. The van der Waals surface area contributed by atoms with E-state index >= 15 is 0 Å². The molecule has 0 aliphatic heterocycles. The number of nitrogens with one attached hydrogen (secondary N) is 1. The van der Waals surface area contributed by atoms with E-state index < -0.39 is 0 Å². The summed E-state index contributed by atoms with van der Waals surface area (Å²) in [6.07, 6.45) is 8.00. The Hall–Kier alpha value is -1.69. The van der Waals surface area contributed by atoms with Crippen molar-refractivity contribution in [2.24, 2.45) is 0 Å². The molecule has 136 valence electrons. The molecule has 6 nitrogen and oxygen atoms in total. The zero-order valence-electron chi connectivity index (χ0n) is 15.4. The number of nitrogens with zero attached hydrogens (tertiary/aromatic N) is 2. The highest BCUT2D eigenvalue weighted by molar-refractivity contribution is 5.90. The summed E-state index contributed by atoms with van der Waals surface area (Å²) in [5.41, 5.74) is 0.523. The van der Waals surface area contributed by atoms with Crippen LogP contribution in [0.25, 0.3) is 0 Å². The fraction of sp³-hybridized carbons (Fsp3) is 0.722. The number of rotatable bonds is 11. The first kappa shape index (κ1) is 20.4. The van der Waals surface area contributed by atoms with Crippen LogP contribution in [0.15, 0.2) is 11.0 Å². The van der Waals surface area contributed by atoms with Crippen LogP contribution in [0.4, 0.5) is 5.82 Å². The van der Waals surface area contributed by atoms with Crippen molar-refractivity contribution in [2.75, 3.05) is 19.0 Å². The first-order chi connectivity index (χ1) is 11.5. The number of aromatic nitrogens is 2. The Labute approximate surface area is 144 Å². The van der Waals surface area contributed by atoms with Gasteiger partial charge in [-0.15, -0.1) is 0 Å². The monoisotopic (exact) mass is 337 g/mol. The van der Waals surface area contributed by atoms with Crippen molar-refractivity contribution in [3.05, 3.63) is 22.2 Å². The average molecular weight is 337 g/mol. The Morgan fingerprint density at radius 2 is 2.04 bits per heavy atom. The summed E-state index contributed by atoms with van der Waals surface area (Å²) in [7, 11) is 1.61. The molecule has 1 aromatic heterocycles. The van der Waals surface area contributed by atoms with Crippen LogP contribution in [0, 0.1) is 6.92 Å². The maximum atomic E-state index is 12.4. The van der Waals surface area contributed by atoms with E-state index in [4.69, 9.17) is 4.74 Å². The lowest BCUT2D eigenvalue weighted by molar-refractivity contribution is -0.116. The molecular weight excluding hydrogens is 306 g/mol. The van der Waals surface area contributed by atoms with Gasteiger partial charge in [0.15, 0.2) is 0 Å². The van der Waals surface area contributed by atoms with Crippen LogP contribution in [-0.2, 0) is 9.53 Å². The summed E-state index contributed by atoms with van der Waals surface area (Å²) in [4.78, 5) is 28.4. The predicted octanol–water partition coefficient (Wildman–Crippen LogP) is 3.45. The molecule has 1 aromatic rings. The minimum atomic E-state index is -0.289.